The van der Waals surface area contributed by atoms with Gasteiger partial charge >= 0.3 is 0 Å². The van der Waals surface area contributed by atoms with E-state index in [0.29, 0.717) is 0 Å². The van der Waals surface area contributed by atoms with Crippen LogP contribution in [0.25, 0.3) is 10.9 Å². The van der Waals surface area contributed by atoms with Crippen molar-refractivity contribution in [3.05, 3.63) is 46.9 Å². The van der Waals surface area contributed by atoms with Gasteiger partial charge in [-0.15, -0.1) is 0 Å². The number of rotatable bonds is 4. The van der Waals surface area contributed by atoms with Gasteiger partial charge in [-0.05, 0) is 32.9 Å². The van der Waals surface area contributed by atoms with Crippen LogP contribution in [0.3, 0.4) is 0 Å². The van der Waals surface area contributed by atoms with Gasteiger partial charge in [-0.1, -0.05) is 12.1 Å². The fraction of sp³-hybridized carbons (Fsp3) is 0.294. The average Bonchev–Trinajstić information content (AvgIpc) is 2.83. The maximum Gasteiger partial charge on any atom is 0.145 e. The zero-order chi connectivity index (χ0) is 15.7. The van der Waals surface area contributed by atoms with Gasteiger partial charge in [0.2, 0.25) is 0 Å². The quantitative estimate of drug-likeness (QED) is 0.773. The molecule has 1 aromatic carbocycles. The molecule has 0 aliphatic carbocycles. The second-order valence-corrected chi connectivity index (χ2v) is 5.43. The van der Waals surface area contributed by atoms with Crippen molar-refractivity contribution in [1.29, 1.82) is 0 Å². The average molecular weight is 296 g/mol. The third-order valence-electron chi connectivity index (χ3n) is 3.89. The molecule has 0 radical (unpaired) electrons. The van der Waals surface area contributed by atoms with Crippen LogP contribution < -0.4 is 10.1 Å². The van der Waals surface area contributed by atoms with Crippen LogP contribution in [0.4, 0.5) is 5.69 Å². The van der Waals surface area contributed by atoms with Crippen molar-refractivity contribution in [1.82, 2.24) is 15.2 Å². The fourth-order valence-corrected chi connectivity index (χ4v) is 2.68. The van der Waals surface area contributed by atoms with E-state index < -0.39 is 0 Å². The highest BCUT2D eigenvalue weighted by Crippen LogP contribution is 2.30. The van der Waals surface area contributed by atoms with Crippen molar-refractivity contribution < 1.29 is 4.74 Å². The van der Waals surface area contributed by atoms with Crippen LogP contribution in [0.5, 0.6) is 5.75 Å². The minimum Gasteiger partial charge on any atom is -0.494 e. The molecule has 2 heterocycles. The van der Waals surface area contributed by atoms with Gasteiger partial charge in [0.05, 0.1) is 12.8 Å². The lowest BCUT2D eigenvalue weighted by atomic mass is 10.1. The molecule has 0 unspecified atom stereocenters. The van der Waals surface area contributed by atoms with Gasteiger partial charge < -0.3 is 10.1 Å². The topological polar surface area (TPSA) is 62.8 Å². The summed E-state index contributed by atoms with van der Waals surface area (Å²) < 4.78 is 5.42. The lowest BCUT2D eigenvalue weighted by molar-refractivity contribution is 0.419. The van der Waals surface area contributed by atoms with Crippen molar-refractivity contribution in [2.75, 3.05) is 12.4 Å². The minimum absolute atomic E-state index is 0.726. The number of ether oxygens (including phenoxy) is 1. The molecule has 2 N–H and O–H groups in total. The Hall–Kier alpha value is -2.56. The minimum atomic E-state index is 0.726. The zero-order valence-corrected chi connectivity index (χ0v) is 13.3. The number of hydrogen-bond acceptors (Lipinski definition) is 4. The van der Waals surface area contributed by atoms with Gasteiger partial charge in [0.25, 0.3) is 0 Å². The largest absolute Gasteiger partial charge is 0.494 e. The summed E-state index contributed by atoms with van der Waals surface area (Å²) in [5, 5.41) is 11.8. The molecule has 3 aromatic rings. The first-order valence-corrected chi connectivity index (χ1v) is 7.29. The summed E-state index contributed by atoms with van der Waals surface area (Å²) in [6.07, 6.45) is 0. The van der Waals surface area contributed by atoms with Crippen molar-refractivity contribution in [3.8, 4) is 5.75 Å². The summed E-state index contributed by atoms with van der Waals surface area (Å²) in [6.45, 7) is 6.77. The third kappa shape index (κ3) is 2.50. The number of aryl methyl sites for hydroxylation is 3. The lowest BCUT2D eigenvalue weighted by Crippen LogP contribution is -2.03. The van der Waals surface area contributed by atoms with Gasteiger partial charge in [0, 0.05) is 34.6 Å². The molecule has 0 spiro atoms. The molecule has 0 bridgehead atoms. The van der Waals surface area contributed by atoms with E-state index >= 15 is 0 Å². The normalized spacial score (nSPS) is 10.9. The van der Waals surface area contributed by atoms with E-state index in [2.05, 4.69) is 32.6 Å². The Bertz CT molecular complexity index is 803. The number of fused-ring (bicyclic) bond motifs is 1. The molecule has 0 aliphatic heterocycles. The Labute approximate surface area is 129 Å². The van der Waals surface area contributed by atoms with E-state index in [-0.39, 0.29) is 0 Å². The number of anilines is 1. The molecule has 0 amide bonds. The predicted molar refractivity (Wildman–Crippen MR) is 88.4 cm³/mol. The lowest BCUT2D eigenvalue weighted by Gasteiger charge is -2.13. The Morgan fingerprint density at radius 1 is 1.23 bits per heavy atom. The van der Waals surface area contributed by atoms with Crippen LogP contribution in [0.1, 0.15) is 22.6 Å². The van der Waals surface area contributed by atoms with Crippen LogP contribution in [0, 0.1) is 20.8 Å². The van der Waals surface area contributed by atoms with Crippen molar-refractivity contribution in [3.63, 3.8) is 0 Å². The molecule has 0 aliphatic rings. The highest BCUT2D eigenvalue weighted by atomic mass is 16.5. The van der Waals surface area contributed by atoms with Crippen molar-refractivity contribution in [2.45, 2.75) is 27.3 Å². The number of nitrogens with one attached hydrogen (secondary N) is 2. The van der Waals surface area contributed by atoms with Gasteiger partial charge in [0.1, 0.15) is 11.3 Å². The SMILES string of the molecule is COc1cccc2c(NCc3c(C)n[nH]c3C)cc(C)nc12. The molecule has 0 atom stereocenters. The standard InChI is InChI=1S/C17H20N4O/c1-10-8-15(18-9-14-11(2)20-21-12(14)3)13-6-5-7-16(22-4)17(13)19-10/h5-8H,9H2,1-4H3,(H,18,19)(H,20,21). The van der Waals surface area contributed by atoms with Crippen LogP contribution in [-0.2, 0) is 6.54 Å². The van der Waals surface area contributed by atoms with Gasteiger partial charge in [-0.3, -0.25) is 5.10 Å². The molecule has 5 heteroatoms. The maximum absolute atomic E-state index is 5.42. The van der Waals surface area contributed by atoms with E-state index in [1.54, 1.807) is 7.11 Å². The van der Waals surface area contributed by atoms with E-state index in [0.717, 1.165) is 46.0 Å². The second-order valence-electron chi connectivity index (χ2n) is 5.43. The van der Waals surface area contributed by atoms with Crippen LogP contribution >= 0.6 is 0 Å². The van der Waals surface area contributed by atoms with Crippen molar-refractivity contribution in [2.24, 2.45) is 0 Å². The molecule has 0 saturated carbocycles. The first kappa shape index (κ1) is 14.4. The Balaban J connectivity index is 2.00. The van der Waals surface area contributed by atoms with E-state index in [4.69, 9.17) is 4.74 Å². The smallest absolute Gasteiger partial charge is 0.145 e. The molecule has 22 heavy (non-hydrogen) atoms. The predicted octanol–water partition coefficient (Wildman–Crippen LogP) is 3.50. The monoisotopic (exact) mass is 296 g/mol. The highest BCUT2D eigenvalue weighted by molar-refractivity contribution is 5.95. The van der Waals surface area contributed by atoms with E-state index in [1.807, 2.05) is 32.9 Å². The summed E-state index contributed by atoms with van der Waals surface area (Å²) in [4.78, 5) is 4.60. The highest BCUT2D eigenvalue weighted by Gasteiger charge is 2.10. The summed E-state index contributed by atoms with van der Waals surface area (Å²) in [5.74, 6) is 0.792. The van der Waals surface area contributed by atoms with Crippen molar-refractivity contribution >= 4 is 16.6 Å². The third-order valence-corrected chi connectivity index (χ3v) is 3.89. The summed E-state index contributed by atoms with van der Waals surface area (Å²) in [7, 11) is 1.67. The number of H-pyrrole nitrogens is 1. The molecular formula is C17H20N4O. The first-order chi connectivity index (χ1) is 10.6. The van der Waals surface area contributed by atoms with E-state index in [9.17, 15) is 0 Å². The van der Waals surface area contributed by atoms with Crippen LogP contribution in [-0.4, -0.2) is 22.3 Å². The summed E-state index contributed by atoms with van der Waals surface area (Å²) >= 11 is 0. The molecular weight excluding hydrogens is 276 g/mol. The molecule has 2 aromatic heterocycles. The number of pyridine rings is 1. The zero-order valence-electron chi connectivity index (χ0n) is 13.3. The molecule has 0 fully saturated rings. The van der Waals surface area contributed by atoms with Crippen LogP contribution in [0.2, 0.25) is 0 Å². The molecule has 0 saturated heterocycles. The number of para-hydroxylation sites is 1. The Morgan fingerprint density at radius 3 is 2.73 bits per heavy atom. The number of methoxy groups -OCH3 is 1. The summed E-state index contributed by atoms with van der Waals surface area (Å²) in [6, 6.07) is 8.04. The number of nitrogens with zero attached hydrogens (tertiary/aromatic N) is 2. The van der Waals surface area contributed by atoms with Gasteiger partial charge in [-0.2, -0.15) is 5.10 Å². The number of aromatic nitrogens is 3. The number of aromatic amines is 1. The molecule has 114 valence electrons. The summed E-state index contributed by atoms with van der Waals surface area (Å²) in [5.41, 5.74) is 6.22. The fourth-order valence-electron chi connectivity index (χ4n) is 2.68. The number of hydrogen-bond donors (Lipinski definition) is 2. The number of benzene rings is 1. The molecule has 3 rings (SSSR count). The second kappa shape index (κ2) is 5.67. The van der Waals surface area contributed by atoms with Gasteiger partial charge in [0.15, 0.2) is 0 Å². The molecule has 5 nitrogen and oxygen atoms in total. The van der Waals surface area contributed by atoms with Gasteiger partial charge in [-0.25, -0.2) is 4.98 Å². The Morgan fingerprint density at radius 2 is 2.05 bits per heavy atom. The van der Waals surface area contributed by atoms with Crippen LogP contribution in [0.15, 0.2) is 24.3 Å². The van der Waals surface area contributed by atoms with E-state index in [1.165, 1.54) is 5.56 Å². The maximum atomic E-state index is 5.42. The first-order valence-electron chi connectivity index (χ1n) is 7.29. The Kier molecular flexibility index (Phi) is 3.71.